The van der Waals surface area contributed by atoms with E-state index in [1.807, 2.05) is 24.3 Å². The molecule has 0 radical (unpaired) electrons. The summed E-state index contributed by atoms with van der Waals surface area (Å²) in [6.07, 6.45) is -0.819. The predicted molar refractivity (Wildman–Crippen MR) is 115 cm³/mol. The maximum Gasteiger partial charge on any atom is 0.273 e. The minimum atomic E-state index is -0.819. The molecule has 0 spiro atoms. The van der Waals surface area contributed by atoms with Gasteiger partial charge in [-0.2, -0.15) is 5.26 Å². The number of carbonyl (C=O) groups excluding carboxylic acids is 1. The van der Waals surface area contributed by atoms with E-state index in [1.54, 1.807) is 31.2 Å². The number of nitro benzene ring substituents is 1. The van der Waals surface area contributed by atoms with Crippen LogP contribution in [0.5, 0.6) is 11.5 Å². The van der Waals surface area contributed by atoms with Gasteiger partial charge in [0.1, 0.15) is 11.5 Å². The van der Waals surface area contributed by atoms with Gasteiger partial charge in [-0.25, -0.2) is 0 Å². The molecule has 1 atom stereocenters. The Kier molecular flexibility index (Phi) is 6.48. The third-order valence-electron chi connectivity index (χ3n) is 4.54. The average molecular weight is 417 g/mol. The lowest BCUT2D eigenvalue weighted by Gasteiger charge is -2.16. The normalized spacial score (nSPS) is 11.1. The highest BCUT2D eigenvalue weighted by Gasteiger charge is 2.18. The number of benzene rings is 3. The quantitative estimate of drug-likeness (QED) is 0.446. The molecule has 8 heteroatoms. The minimum absolute atomic E-state index is 0.137. The second-order valence-corrected chi connectivity index (χ2v) is 6.60. The first-order valence-electron chi connectivity index (χ1n) is 9.32. The number of amides is 1. The lowest BCUT2D eigenvalue weighted by Crippen LogP contribution is -2.30. The highest BCUT2D eigenvalue weighted by Crippen LogP contribution is 2.29. The van der Waals surface area contributed by atoms with Crippen molar-refractivity contribution in [3.05, 3.63) is 82.4 Å². The summed E-state index contributed by atoms with van der Waals surface area (Å²) < 4.78 is 10.8. The van der Waals surface area contributed by atoms with Crippen molar-refractivity contribution >= 4 is 17.3 Å². The van der Waals surface area contributed by atoms with Crippen LogP contribution in [0.1, 0.15) is 12.5 Å². The standard InChI is InChI=1S/C23H19N3O5/c1-15(23(27)25-21-12-9-19(26(28)29)13-22(21)30-2)31-20-10-7-18(8-11-20)17-5-3-16(14-24)4-6-17/h3-13,15H,1-2H3,(H,25,27). The Morgan fingerprint density at radius 2 is 1.68 bits per heavy atom. The Morgan fingerprint density at radius 1 is 1.06 bits per heavy atom. The molecule has 0 aliphatic heterocycles. The van der Waals surface area contributed by atoms with Crippen molar-refractivity contribution in [2.24, 2.45) is 0 Å². The van der Waals surface area contributed by atoms with Gasteiger partial charge in [-0.1, -0.05) is 24.3 Å². The molecular formula is C23H19N3O5. The van der Waals surface area contributed by atoms with Crippen LogP contribution in [0.15, 0.2) is 66.7 Å². The van der Waals surface area contributed by atoms with Crippen LogP contribution in [-0.2, 0) is 4.79 Å². The van der Waals surface area contributed by atoms with Crippen LogP contribution in [0.2, 0.25) is 0 Å². The van der Waals surface area contributed by atoms with Crippen molar-refractivity contribution in [1.82, 2.24) is 0 Å². The zero-order valence-electron chi connectivity index (χ0n) is 16.9. The molecule has 1 N–H and O–H groups in total. The molecular weight excluding hydrogens is 398 g/mol. The molecule has 0 aliphatic carbocycles. The Balaban J connectivity index is 1.65. The number of nitrogens with zero attached hydrogens (tertiary/aromatic N) is 2. The molecule has 1 amide bonds. The fourth-order valence-corrected chi connectivity index (χ4v) is 2.85. The summed E-state index contributed by atoms with van der Waals surface area (Å²) in [4.78, 5) is 22.8. The van der Waals surface area contributed by atoms with E-state index in [1.165, 1.54) is 25.3 Å². The van der Waals surface area contributed by atoms with Crippen LogP contribution in [0.25, 0.3) is 11.1 Å². The van der Waals surface area contributed by atoms with E-state index in [0.717, 1.165) is 11.1 Å². The minimum Gasteiger partial charge on any atom is -0.494 e. The van der Waals surface area contributed by atoms with E-state index in [0.29, 0.717) is 17.0 Å². The Morgan fingerprint density at radius 3 is 2.23 bits per heavy atom. The number of nitriles is 1. The van der Waals surface area contributed by atoms with Gasteiger partial charge in [0.2, 0.25) is 0 Å². The second kappa shape index (κ2) is 9.41. The van der Waals surface area contributed by atoms with Gasteiger partial charge in [-0.15, -0.1) is 0 Å². The number of ether oxygens (including phenoxy) is 2. The van der Waals surface area contributed by atoms with Crippen LogP contribution in [0.4, 0.5) is 11.4 Å². The Hall–Kier alpha value is -4.38. The van der Waals surface area contributed by atoms with Gasteiger partial charge in [-0.3, -0.25) is 14.9 Å². The van der Waals surface area contributed by atoms with Crippen molar-refractivity contribution in [2.45, 2.75) is 13.0 Å². The lowest BCUT2D eigenvalue weighted by molar-refractivity contribution is -0.384. The van der Waals surface area contributed by atoms with Crippen LogP contribution in [0.3, 0.4) is 0 Å². The number of carbonyl (C=O) groups is 1. The Labute approximate surface area is 178 Å². The summed E-state index contributed by atoms with van der Waals surface area (Å²) in [5, 5.41) is 22.4. The molecule has 31 heavy (non-hydrogen) atoms. The second-order valence-electron chi connectivity index (χ2n) is 6.60. The summed E-state index contributed by atoms with van der Waals surface area (Å²) in [5.41, 5.74) is 2.67. The first-order chi connectivity index (χ1) is 14.9. The van der Waals surface area contributed by atoms with Crippen molar-refractivity contribution in [3.63, 3.8) is 0 Å². The zero-order valence-corrected chi connectivity index (χ0v) is 16.9. The highest BCUT2D eigenvalue weighted by atomic mass is 16.6. The first kappa shape index (κ1) is 21.3. The van der Waals surface area contributed by atoms with E-state index < -0.39 is 16.9 Å². The number of non-ortho nitro benzene ring substituents is 1. The number of nitro groups is 1. The number of anilines is 1. The molecule has 1 unspecified atom stereocenters. The van der Waals surface area contributed by atoms with Gasteiger partial charge in [0.15, 0.2) is 6.10 Å². The summed E-state index contributed by atoms with van der Waals surface area (Å²) in [6, 6.07) is 20.5. The van der Waals surface area contributed by atoms with Gasteiger partial charge in [0.25, 0.3) is 11.6 Å². The van der Waals surface area contributed by atoms with Crippen LogP contribution >= 0.6 is 0 Å². The Bertz CT molecular complexity index is 1140. The number of hydrogen-bond acceptors (Lipinski definition) is 6. The molecule has 3 aromatic carbocycles. The van der Waals surface area contributed by atoms with Crippen molar-refractivity contribution < 1.29 is 19.2 Å². The van der Waals surface area contributed by atoms with E-state index in [9.17, 15) is 14.9 Å². The smallest absolute Gasteiger partial charge is 0.273 e. The third kappa shape index (κ3) is 5.16. The maximum atomic E-state index is 12.5. The molecule has 0 saturated carbocycles. The lowest BCUT2D eigenvalue weighted by atomic mass is 10.0. The molecule has 0 bridgehead atoms. The first-order valence-corrected chi connectivity index (χ1v) is 9.32. The van der Waals surface area contributed by atoms with Gasteiger partial charge < -0.3 is 14.8 Å². The fraction of sp³-hybridized carbons (Fsp3) is 0.130. The monoisotopic (exact) mass is 417 g/mol. The molecule has 0 aliphatic rings. The fourth-order valence-electron chi connectivity index (χ4n) is 2.85. The largest absolute Gasteiger partial charge is 0.494 e. The van der Waals surface area contributed by atoms with Crippen LogP contribution < -0.4 is 14.8 Å². The topological polar surface area (TPSA) is 114 Å². The van der Waals surface area contributed by atoms with Gasteiger partial charge in [0, 0.05) is 6.07 Å². The molecule has 3 aromatic rings. The molecule has 0 fully saturated rings. The highest BCUT2D eigenvalue weighted by molar-refractivity contribution is 5.95. The molecule has 8 nitrogen and oxygen atoms in total. The van der Waals surface area contributed by atoms with Crippen molar-refractivity contribution in [1.29, 1.82) is 5.26 Å². The molecule has 156 valence electrons. The predicted octanol–water partition coefficient (Wildman–Crippen LogP) is 4.55. The molecule has 3 rings (SSSR count). The van der Waals surface area contributed by atoms with E-state index in [4.69, 9.17) is 14.7 Å². The molecule has 0 heterocycles. The summed E-state index contributed by atoms with van der Waals surface area (Å²) in [5.74, 6) is 0.264. The van der Waals surface area contributed by atoms with E-state index >= 15 is 0 Å². The van der Waals surface area contributed by atoms with E-state index in [2.05, 4.69) is 11.4 Å². The molecule has 0 aromatic heterocycles. The van der Waals surface area contributed by atoms with Crippen LogP contribution in [0, 0.1) is 21.4 Å². The number of rotatable bonds is 7. The average Bonchev–Trinajstić information content (AvgIpc) is 2.79. The van der Waals surface area contributed by atoms with E-state index in [-0.39, 0.29) is 11.4 Å². The summed E-state index contributed by atoms with van der Waals surface area (Å²) in [7, 11) is 1.37. The molecule has 0 saturated heterocycles. The van der Waals surface area contributed by atoms with Gasteiger partial charge in [0.05, 0.1) is 35.4 Å². The number of methoxy groups -OCH3 is 1. The number of nitrogens with one attached hydrogen (secondary N) is 1. The van der Waals surface area contributed by atoms with Gasteiger partial charge >= 0.3 is 0 Å². The van der Waals surface area contributed by atoms with Crippen molar-refractivity contribution in [3.8, 4) is 28.7 Å². The maximum absolute atomic E-state index is 12.5. The summed E-state index contributed by atoms with van der Waals surface area (Å²) in [6.45, 7) is 1.60. The third-order valence-corrected chi connectivity index (χ3v) is 4.54. The number of hydrogen-bond donors (Lipinski definition) is 1. The van der Waals surface area contributed by atoms with Crippen LogP contribution in [-0.4, -0.2) is 24.0 Å². The zero-order chi connectivity index (χ0) is 22.4. The van der Waals surface area contributed by atoms with Crippen molar-refractivity contribution in [2.75, 3.05) is 12.4 Å². The van der Waals surface area contributed by atoms with Gasteiger partial charge in [-0.05, 0) is 48.4 Å². The summed E-state index contributed by atoms with van der Waals surface area (Å²) >= 11 is 0. The SMILES string of the molecule is COc1cc([N+](=O)[O-])ccc1NC(=O)C(C)Oc1ccc(-c2ccc(C#N)cc2)cc1.